The second-order valence-corrected chi connectivity index (χ2v) is 8.21. The normalized spacial score (nSPS) is 21.1. The van der Waals surface area contributed by atoms with Crippen molar-refractivity contribution in [1.29, 1.82) is 0 Å². The third-order valence-electron chi connectivity index (χ3n) is 6.23. The Hall–Kier alpha value is -2.80. The molecule has 0 spiro atoms. The number of hydrogen-bond acceptors (Lipinski definition) is 3. The molecule has 2 N–H and O–H groups in total. The number of rotatable bonds is 6. The largest absolute Gasteiger partial charge is 0.366 e. The van der Waals surface area contributed by atoms with Gasteiger partial charge in [0.15, 0.2) is 0 Å². The number of likely N-dealkylation sites (tertiary alicyclic amines) is 2. The Labute approximate surface area is 174 Å². The molecular weight excluding hydrogens is 388 g/mol. The van der Waals surface area contributed by atoms with Crippen LogP contribution < -0.4 is 5.73 Å². The summed E-state index contributed by atoms with van der Waals surface area (Å²) in [7, 11) is 0. The Bertz CT molecular complexity index is 931. The summed E-state index contributed by atoms with van der Waals surface area (Å²) in [6.07, 6.45) is 1.69. The van der Waals surface area contributed by atoms with Crippen LogP contribution in [0.4, 0.5) is 8.78 Å². The number of amides is 2. The number of halogens is 2. The first-order valence-corrected chi connectivity index (χ1v) is 10.3. The summed E-state index contributed by atoms with van der Waals surface area (Å²) in [4.78, 5) is 28.1. The average Bonchev–Trinajstić information content (AvgIpc) is 3.27. The molecule has 0 aromatic heterocycles. The summed E-state index contributed by atoms with van der Waals surface area (Å²) in [5.74, 6) is -1.94. The molecule has 158 valence electrons. The highest BCUT2D eigenvalue weighted by atomic mass is 19.1. The van der Waals surface area contributed by atoms with Crippen molar-refractivity contribution in [2.24, 2.45) is 17.6 Å². The van der Waals surface area contributed by atoms with Gasteiger partial charge in [-0.3, -0.25) is 9.59 Å². The smallest absolute Gasteiger partial charge is 0.259 e. The highest BCUT2D eigenvalue weighted by Gasteiger charge is 2.42. The van der Waals surface area contributed by atoms with Gasteiger partial charge in [0.05, 0.1) is 0 Å². The van der Waals surface area contributed by atoms with Crippen molar-refractivity contribution in [3.8, 4) is 0 Å². The van der Waals surface area contributed by atoms with Crippen molar-refractivity contribution in [2.75, 3.05) is 32.7 Å². The number of carbonyl (C=O) groups excluding carboxylic acids is 2. The van der Waals surface area contributed by atoms with Crippen LogP contribution in [-0.2, 0) is 6.42 Å². The zero-order valence-corrected chi connectivity index (χ0v) is 16.7. The van der Waals surface area contributed by atoms with E-state index in [1.807, 2.05) is 18.2 Å². The summed E-state index contributed by atoms with van der Waals surface area (Å²) < 4.78 is 27.9. The van der Waals surface area contributed by atoms with E-state index in [1.54, 1.807) is 11.0 Å². The molecule has 2 fully saturated rings. The minimum atomic E-state index is -0.810. The van der Waals surface area contributed by atoms with Gasteiger partial charge in [0.2, 0.25) is 5.91 Å². The maximum Gasteiger partial charge on any atom is 0.259 e. The number of primary amides is 1. The lowest BCUT2D eigenvalue weighted by Gasteiger charge is -2.22. The third-order valence-corrected chi connectivity index (χ3v) is 6.23. The standard InChI is InChI=1S/C23H25F2N3O2/c24-19-8-3-9-20(25)21(19)23(30)28-13-16-11-27(12-17(16)14-28)10-4-6-15-5-1-2-7-18(15)22(26)29/h1-3,5,7-9,16-17H,4,6,10-14H2,(H2,26,29)/t16-,17?/m0/s1. The van der Waals surface area contributed by atoms with Crippen LogP contribution in [-0.4, -0.2) is 54.3 Å². The molecule has 2 saturated heterocycles. The molecule has 2 aliphatic rings. The lowest BCUT2D eigenvalue weighted by Crippen LogP contribution is -2.34. The molecule has 0 bridgehead atoms. The van der Waals surface area contributed by atoms with Crippen molar-refractivity contribution in [2.45, 2.75) is 12.8 Å². The molecular formula is C23H25F2N3O2. The van der Waals surface area contributed by atoms with Gasteiger partial charge in [-0.15, -0.1) is 0 Å². The van der Waals surface area contributed by atoms with Crippen LogP contribution in [0.15, 0.2) is 42.5 Å². The number of aryl methyl sites for hydroxylation is 1. The van der Waals surface area contributed by atoms with Gasteiger partial charge in [-0.25, -0.2) is 8.78 Å². The number of carbonyl (C=O) groups is 2. The molecule has 2 aromatic carbocycles. The van der Waals surface area contributed by atoms with Crippen LogP contribution in [0.2, 0.25) is 0 Å². The van der Waals surface area contributed by atoms with Gasteiger partial charge in [0.25, 0.3) is 5.91 Å². The summed E-state index contributed by atoms with van der Waals surface area (Å²) in [6.45, 7) is 3.68. The van der Waals surface area contributed by atoms with Crippen molar-refractivity contribution in [3.05, 3.63) is 70.8 Å². The minimum absolute atomic E-state index is 0.321. The van der Waals surface area contributed by atoms with E-state index in [-0.39, 0.29) is 0 Å². The molecule has 2 heterocycles. The summed E-state index contributed by atoms with van der Waals surface area (Å²) in [6, 6.07) is 10.9. The van der Waals surface area contributed by atoms with Gasteiger partial charge >= 0.3 is 0 Å². The fraction of sp³-hybridized carbons (Fsp3) is 0.391. The van der Waals surface area contributed by atoms with Crippen LogP contribution in [0.1, 0.15) is 32.7 Å². The number of nitrogens with two attached hydrogens (primary N) is 1. The molecule has 0 saturated carbocycles. The first-order valence-electron chi connectivity index (χ1n) is 10.3. The molecule has 2 aromatic rings. The molecule has 4 rings (SSSR count). The molecule has 0 radical (unpaired) electrons. The highest BCUT2D eigenvalue weighted by Crippen LogP contribution is 2.32. The summed E-state index contributed by atoms with van der Waals surface area (Å²) >= 11 is 0. The maximum atomic E-state index is 13.9. The Balaban J connectivity index is 1.29. The molecule has 7 heteroatoms. The molecule has 2 aliphatic heterocycles. The van der Waals surface area contributed by atoms with Gasteiger partial charge in [-0.1, -0.05) is 24.3 Å². The van der Waals surface area contributed by atoms with E-state index in [9.17, 15) is 18.4 Å². The first kappa shape index (κ1) is 20.5. The molecule has 1 unspecified atom stereocenters. The predicted octanol–water partition coefficient (Wildman–Crippen LogP) is 2.70. The van der Waals surface area contributed by atoms with Gasteiger partial charge in [-0.2, -0.15) is 0 Å². The van der Waals surface area contributed by atoms with Crippen molar-refractivity contribution in [1.82, 2.24) is 9.80 Å². The summed E-state index contributed by atoms with van der Waals surface area (Å²) in [5, 5.41) is 0. The average molecular weight is 413 g/mol. The van der Waals surface area contributed by atoms with E-state index in [0.29, 0.717) is 30.5 Å². The number of nitrogens with zero attached hydrogens (tertiary/aromatic N) is 2. The highest BCUT2D eigenvalue weighted by molar-refractivity contribution is 5.95. The quantitative estimate of drug-likeness (QED) is 0.792. The molecule has 5 nitrogen and oxygen atoms in total. The fourth-order valence-electron chi connectivity index (χ4n) is 4.77. The van der Waals surface area contributed by atoms with E-state index >= 15 is 0 Å². The van der Waals surface area contributed by atoms with Crippen LogP contribution in [0, 0.1) is 23.5 Å². The van der Waals surface area contributed by atoms with E-state index in [2.05, 4.69) is 4.90 Å². The predicted molar refractivity (Wildman–Crippen MR) is 109 cm³/mol. The zero-order valence-electron chi connectivity index (χ0n) is 16.7. The van der Waals surface area contributed by atoms with Crippen molar-refractivity contribution >= 4 is 11.8 Å². The SMILES string of the molecule is NC(=O)c1ccccc1CCCN1CC2CN(C(=O)c3c(F)cccc3F)C[C@@H]2C1. The Morgan fingerprint density at radius 2 is 1.57 bits per heavy atom. The number of hydrogen-bond donors (Lipinski definition) is 1. The molecule has 2 atom stereocenters. The number of benzene rings is 2. The number of fused-ring (bicyclic) bond motifs is 1. The second-order valence-electron chi connectivity index (χ2n) is 8.21. The van der Waals surface area contributed by atoms with E-state index in [1.165, 1.54) is 6.07 Å². The fourth-order valence-corrected chi connectivity index (χ4v) is 4.77. The lowest BCUT2D eigenvalue weighted by atomic mass is 10.0. The van der Waals surface area contributed by atoms with E-state index < -0.39 is 29.0 Å². The van der Waals surface area contributed by atoms with Crippen LogP contribution in [0.25, 0.3) is 0 Å². The van der Waals surface area contributed by atoms with Gasteiger partial charge in [0, 0.05) is 31.7 Å². The Morgan fingerprint density at radius 3 is 2.20 bits per heavy atom. The van der Waals surface area contributed by atoms with Gasteiger partial charge in [-0.05, 0) is 55.0 Å². The lowest BCUT2D eigenvalue weighted by molar-refractivity contribution is 0.0764. The first-order chi connectivity index (χ1) is 14.4. The van der Waals surface area contributed by atoms with Gasteiger partial charge in [0.1, 0.15) is 17.2 Å². The van der Waals surface area contributed by atoms with E-state index in [0.717, 1.165) is 50.2 Å². The van der Waals surface area contributed by atoms with Crippen LogP contribution >= 0.6 is 0 Å². The van der Waals surface area contributed by atoms with Crippen molar-refractivity contribution in [3.63, 3.8) is 0 Å². The van der Waals surface area contributed by atoms with Crippen LogP contribution in [0.3, 0.4) is 0 Å². The Kier molecular flexibility index (Phi) is 5.81. The van der Waals surface area contributed by atoms with Crippen LogP contribution in [0.5, 0.6) is 0 Å². The topological polar surface area (TPSA) is 66.6 Å². The minimum Gasteiger partial charge on any atom is -0.366 e. The maximum absolute atomic E-state index is 13.9. The Morgan fingerprint density at radius 1 is 0.933 bits per heavy atom. The molecule has 2 amide bonds. The summed E-state index contributed by atoms with van der Waals surface area (Å²) in [5.41, 5.74) is 6.52. The van der Waals surface area contributed by atoms with Crippen molar-refractivity contribution < 1.29 is 18.4 Å². The monoisotopic (exact) mass is 413 g/mol. The second kappa shape index (κ2) is 8.52. The third kappa shape index (κ3) is 4.07. The van der Waals surface area contributed by atoms with E-state index in [4.69, 9.17) is 5.73 Å². The van der Waals surface area contributed by atoms with Gasteiger partial charge < -0.3 is 15.5 Å². The molecule has 30 heavy (non-hydrogen) atoms. The molecule has 0 aliphatic carbocycles. The zero-order chi connectivity index (χ0) is 21.3.